The molecule has 0 bridgehead atoms. The molecule has 3 aromatic rings. The second kappa shape index (κ2) is 5.76. The monoisotopic (exact) mass is 281 g/mol. The molecule has 21 heavy (non-hydrogen) atoms. The Balaban J connectivity index is 1.75. The van der Waals surface area contributed by atoms with E-state index in [4.69, 9.17) is 4.74 Å². The number of aromatic nitrogens is 2. The van der Waals surface area contributed by atoms with Crippen LogP contribution in [-0.4, -0.2) is 23.2 Å². The van der Waals surface area contributed by atoms with Gasteiger partial charge in [0, 0.05) is 23.7 Å². The molecule has 1 heterocycles. The van der Waals surface area contributed by atoms with Crippen LogP contribution in [0.25, 0.3) is 10.9 Å². The Morgan fingerprint density at radius 2 is 2.05 bits per heavy atom. The minimum absolute atomic E-state index is 0.137. The summed E-state index contributed by atoms with van der Waals surface area (Å²) < 4.78 is 5.05. The largest absolute Gasteiger partial charge is 0.380 e. The van der Waals surface area contributed by atoms with Gasteiger partial charge in [-0.1, -0.05) is 12.1 Å². The summed E-state index contributed by atoms with van der Waals surface area (Å²) >= 11 is 0. The van der Waals surface area contributed by atoms with Crippen LogP contribution in [0.2, 0.25) is 0 Å². The third-order valence-electron chi connectivity index (χ3n) is 3.23. The maximum absolute atomic E-state index is 12.2. The molecule has 0 aliphatic rings. The van der Waals surface area contributed by atoms with E-state index in [2.05, 4.69) is 15.5 Å². The first-order valence-corrected chi connectivity index (χ1v) is 6.58. The number of benzene rings is 2. The number of rotatable bonds is 4. The number of aromatic amines is 1. The number of hydrogen-bond donors (Lipinski definition) is 2. The van der Waals surface area contributed by atoms with Crippen LogP contribution >= 0.6 is 0 Å². The normalized spacial score (nSPS) is 10.7. The number of hydrogen-bond acceptors (Lipinski definition) is 3. The van der Waals surface area contributed by atoms with Crippen LogP contribution in [-0.2, 0) is 11.3 Å². The van der Waals surface area contributed by atoms with Gasteiger partial charge >= 0.3 is 0 Å². The Labute approximate surface area is 121 Å². The summed E-state index contributed by atoms with van der Waals surface area (Å²) in [6.07, 6.45) is 1.73. The average molecular weight is 281 g/mol. The fourth-order valence-corrected chi connectivity index (χ4v) is 2.14. The standard InChI is InChI=1S/C16H15N3O2/c1-21-10-11-2-4-12(5-3-11)16(20)18-14-6-7-15-13(8-14)9-17-19-15/h2-9H,10H2,1H3,(H,17,19)(H,18,20). The summed E-state index contributed by atoms with van der Waals surface area (Å²) in [6.45, 7) is 0.541. The molecule has 0 aliphatic heterocycles. The molecule has 0 radical (unpaired) electrons. The first-order valence-electron chi connectivity index (χ1n) is 6.58. The molecule has 2 aromatic carbocycles. The summed E-state index contributed by atoms with van der Waals surface area (Å²) in [5.41, 5.74) is 3.34. The molecule has 3 rings (SSSR count). The molecule has 5 nitrogen and oxygen atoms in total. The van der Waals surface area contributed by atoms with Crippen molar-refractivity contribution in [1.82, 2.24) is 10.2 Å². The molecule has 0 saturated carbocycles. The number of methoxy groups -OCH3 is 1. The van der Waals surface area contributed by atoms with Gasteiger partial charge in [0.05, 0.1) is 18.3 Å². The Morgan fingerprint density at radius 1 is 1.24 bits per heavy atom. The Kier molecular flexibility index (Phi) is 3.66. The zero-order valence-corrected chi connectivity index (χ0v) is 11.6. The molecule has 2 N–H and O–H groups in total. The lowest BCUT2D eigenvalue weighted by Gasteiger charge is -2.06. The smallest absolute Gasteiger partial charge is 0.255 e. The minimum Gasteiger partial charge on any atom is -0.380 e. The Hall–Kier alpha value is -2.66. The first-order chi connectivity index (χ1) is 10.3. The number of H-pyrrole nitrogens is 1. The number of anilines is 1. The van der Waals surface area contributed by atoms with Gasteiger partial charge in [0.2, 0.25) is 0 Å². The molecular formula is C16H15N3O2. The molecule has 106 valence electrons. The highest BCUT2D eigenvalue weighted by Gasteiger charge is 2.07. The van der Waals surface area contributed by atoms with Gasteiger partial charge in [-0.15, -0.1) is 0 Å². The highest BCUT2D eigenvalue weighted by molar-refractivity contribution is 6.05. The van der Waals surface area contributed by atoms with Crippen molar-refractivity contribution < 1.29 is 9.53 Å². The van der Waals surface area contributed by atoms with E-state index >= 15 is 0 Å². The first kappa shape index (κ1) is 13.3. The number of ether oxygens (including phenoxy) is 1. The molecule has 0 spiro atoms. The fraction of sp³-hybridized carbons (Fsp3) is 0.125. The van der Waals surface area contributed by atoms with Crippen molar-refractivity contribution in [3.8, 4) is 0 Å². The molecule has 1 aromatic heterocycles. The van der Waals surface area contributed by atoms with Crippen LogP contribution in [0.1, 0.15) is 15.9 Å². The lowest BCUT2D eigenvalue weighted by molar-refractivity contribution is 0.102. The predicted octanol–water partition coefficient (Wildman–Crippen LogP) is 2.96. The second-order valence-corrected chi connectivity index (χ2v) is 4.76. The van der Waals surface area contributed by atoms with E-state index in [9.17, 15) is 4.79 Å². The van der Waals surface area contributed by atoms with Crippen molar-refractivity contribution in [2.24, 2.45) is 0 Å². The van der Waals surface area contributed by atoms with Crippen molar-refractivity contribution >= 4 is 22.5 Å². The van der Waals surface area contributed by atoms with E-state index in [0.29, 0.717) is 12.2 Å². The topological polar surface area (TPSA) is 67.0 Å². The van der Waals surface area contributed by atoms with Gasteiger partial charge in [-0.3, -0.25) is 9.89 Å². The van der Waals surface area contributed by atoms with E-state index in [0.717, 1.165) is 22.2 Å². The molecule has 0 fully saturated rings. The van der Waals surface area contributed by atoms with Gasteiger partial charge < -0.3 is 10.1 Å². The molecule has 0 saturated heterocycles. The van der Waals surface area contributed by atoms with E-state index in [-0.39, 0.29) is 5.91 Å². The van der Waals surface area contributed by atoms with Gasteiger partial charge in [0.1, 0.15) is 0 Å². The quantitative estimate of drug-likeness (QED) is 0.772. The summed E-state index contributed by atoms with van der Waals surface area (Å²) in [4.78, 5) is 12.2. The zero-order valence-electron chi connectivity index (χ0n) is 11.6. The SMILES string of the molecule is COCc1ccc(C(=O)Nc2ccc3[nH]ncc3c2)cc1. The molecule has 5 heteroatoms. The third kappa shape index (κ3) is 2.93. The van der Waals surface area contributed by atoms with Crippen LogP contribution in [0.5, 0.6) is 0 Å². The lowest BCUT2D eigenvalue weighted by atomic mass is 10.1. The van der Waals surface area contributed by atoms with Gasteiger partial charge in [-0.05, 0) is 35.9 Å². The average Bonchev–Trinajstić information content (AvgIpc) is 2.96. The van der Waals surface area contributed by atoms with E-state index in [1.54, 1.807) is 25.4 Å². The highest BCUT2D eigenvalue weighted by Crippen LogP contribution is 2.17. The van der Waals surface area contributed by atoms with Gasteiger partial charge in [-0.25, -0.2) is 0 Å². The van der Waals surface area contributed by atoms with Crippen molar-refractivity contribution in [3.05, 3.63) is 59.8 Å². The summed E-state index contributed by atoms with van der Waals surface area (Å²) in [5.74, 6) is -0.137. The van der Waals surface area contributed by atoms with Gasteiger partial charge in [-0.2, -0.15) is 5.10 Å². The summed E-state index contributed by atoms with van der Waals surface area (Å²) in [5, 5.41) is 10.7. The van der Waals surface area contributed by atoms with Crippen molar-refractivity contribution in [2.45, 2.75) is 6.61 Å². The van der Waals surface area contributed by atoms with E-state index in [1.807, 2.05) is 30.3 Å². The van der Waals surface area contributed by atoms with Crippen LogP contribution in [0.15, 0.2) is 48.7 Å². The third-order valence-corrected chi connectivity index (χ3v) is 3.23. The fourth-order valence-electron chi connectivity index (χ4n) is 2.14. The van der Waals surface area contributed by atoms with E-state index in [1.165, 1.54) is 0 Å². The van der Waals surface area contributed by atoms with E-state index < -0.39 is 0 Å². The number of fused-ring (bicyclic) bond motifs is 1. The number of nitrogens with one attached hydrogen (secondary N) is 2. The number of amides is 1. The minimum atomic E-state index is -0.137. The maximum Gasteiger partial charge on any atom is 0.255 e. The van der Waals surface area contributed by atoms with Crippen LogP contribution in [0, 0.1) is 0 Å². The number of carbonyl (C=O) groups is 1. The summed E-state index contributed by atoms with van der Waals surface area (Å²) in [7, 11) is 1.65. The van der Waals surface area contributed by atoms with Crippen molar-refractivity contribution in [1.29, 1.82) is 0 Å². The van der Waals surface area contributed by atoms with Gasteiger partial charge in [0.25, 0.3) is 5.91 Å². The van der Waals surface area contributed by atoms with Gasteiger partial charge in [0.15, 0.2) is 0 Å². The van der Waals surface area contributed by atoms with Crippen molar-refractivity contribution in [2.75, 3.05) is 12.4 Å². The van der Waals surface area contributed by atoms with Crippen LogP contribution < -0.4 is 5.32 Å². The highest BCUT2D eigenvalue weighted by atomic mass is 16.5. The lowest BCUT2D eigenvalue weighted by Crippen LogP contribution is -2.11. The maximum atomic E-state index is 12.2. The molecule has 0 atom stereocenters. The summed E-state index contributed by atoms with van der Waals surface area (Å²) in [6, 6.07) is 13.0. The van der Waals surface area contributed by atoms with Crippen LogP contribution in [0.3, 0.4) is 0 Å². The van der Waals surface area contributed by atoms with Crippen LogP contribution in [0.4, 0.5) is 5.69 Å². The second-order valence-electron chi connectivity index (χ2n) is 4.76. The predicted molar refractivity (Wildman–Crippen MR) is 81.2 cm³/mol. The van der Waals surface area contributed by atoms with Crippen molar-refractivity contribution in [3.63, 3.8) is 0 Å². The molecule has 1 amide bonds. The zero-order chi connectivity index (χ0) is 14.7. The molecule has 0 aliphatic carbocycles. The molecular weight excluding hydrogens is 266 g/mol. The molecule has 0 unspecified atom stereocenters. The Morgan fingerprint density at radius 3 is 2.81 bits per heavy atom. The number of nitrogens with zero attached hydrogens (tertiary/aromatic N) is 1. The number of carbonyl (C=O) groups excluding carboxylic acids is 1. The Bertz CT molecular complexity index is 763.